The maximum absolute atomic E-state index is 11.3. The topological polar surface area (TPSA) is 82.6 Å². The number of hydrogen-bond donors (Lipinski definition) is 0. The summed E-state index contributed by atoms with van der Waals surface area (Å²) in [6.07, 6.45) is 2.48. The third kappa shape index (κ3) is 4.50. The van der Waals surface area contributed by atoms with E-state index in [1.165, 1.54) is 18.2 Å². The van der Waals surface area contributed by atoms with Crippen molar-refractivity contribution >= 4 is 17.9 Å². The predicted molar refractivity (Wildman–Crippen MR) is 60.2 cm³/mol. The Morgan fingerprint density at radius 2 is 2.12 bits per heavy atom. The number of hydrogen-bond acceptors (Lipinski definition) is 5. The summed E-state index contributed by atoms with van der Waals surface area (Å²) in [5, 5.41) is 10.3. The normalized spacial score (nSPS) is 11.7. The molecule has 1 rings (SSSR count). The number of carbonyl (C=O) groups excluding carboxylic acids is 1. The Morgan fingerprint density at radius 3 is 2.59 bits per heavy atom. The molecular weight excluding hydrogens is 226 g/mol. The number of rotatable bonds is 3. The molecule has 0 saturated heterocycles. The van der Waals surface area contributed by atoms with E-state index >= 15 is 0 Å². The van der Waals surface area contributed by atoms with Crippen LogP contribution in [0.15, 0.2) is 22.6 Å². The maximum atomic E-state index is 11.3. The van der Waals surface area contributed by atoms with Gasteiger partial charge in [0, 0.05) is 6.08 Å². The summed E-state index contributed by atoms with van der Waals surface area (Å²) in [6, 6.07) is 2.62. The maximum Gasteiger partial charge on any atom is 0.433 e. The second-order valence-electron chi connectivity index (χ2n) is 4.30. The van der Waals surface area contributed by atoms with Gasteiger partial charge in [-0.05, 0) is 32.9 Å². The highest BCUT2D eigenvalue weighted by molar-refractivity contribution is 5.86. The van der Waals surface area contributed by atoms with Gasteiger partial charge in [0.2, 0.25) is 0 Å². The molecule has 0 atom stereocenters. The zero-order valence-electron chi connectivity index (χ0n) is 9.80. The van der Waals surface area contributed by atoms with Crippen LogP contribution in [-0.4, -0.2) is 16.5 Å². The zero-order valence-corrected chi connectivity index (χ0v) is 9.80. The predicted octanol–water partition coefficient (Wildman–Crippen LogP) is 2.54. The van der Waals surface area contributed by atoms with Crippen LogP contribution in [0.1, 0.15) is 26.5 Å². The van der Waals surface area contributed by atoms with Gasteiger partial charge in [-0.15, -0.1) is 0 Å². The molecule has 0 aliphatic carbocycles. The summed E-state index contributed by atoms with van der Waals surface area (Å²) in [5.74, 6) is -0.673. The van der Waals surface area contributed by atoms with Gasteiger partial charge in [0.1, 0.15) is 16.3 Å². The Morgan fingerprint density at radius 1 is 1.47 bits per heavy atom. The smallest absolute Gasteiger partial charge is 0.433 e. The van der Waals surface area contributed by atoms with E-state index in [0.29, 0.717) is 0 Å². The standard InChI is InChI=1S/C11H13NO5/c1-11(2,3)17-10(13)7-5-8-4-6-9(16-8)12(14)15/h4-7H,1-3H3. The van der Waals surface area contributed by atoms with Crippen molar-refractivity contribution in [2.75, 3.05) is 0 Å². The molecule has 0 amide bonds. The van der Waals surface area contributed by atoms with E-state index in [9.17, 15) is 14.9 Å². The number of furan rings is 1. The molecule has 0 radical (unpaired) electrons. The average Bonchev–Trinajstić information content (AvgIpc) is 2.60. The molecule has 0 aliphatic rings. The van der Waals surface area contributed by atoms with Crippen molar-refractivity contribution in [1.29, 1.82) is 0 Å². The first-order chi connectivity index (χ1) is 7.78. The second-order valence-corrected chi connectivity index (χ2v) is 4.30. The summed E-state index contributed by atoms with van der Waals surface area (Å²) in [5.41, 5.74) is -0.573. The van der Waals surface area contributed by atoms with E-state index in [1.807, 2.05) is 0 Å². The minimum absolute atomic E-state index is 0.225. The van der Waals surface area contributed by atoms with Gasteiger partial charge in [-0.25, -0.2) is 4.79 Å². The van der Waals surface area contributed by atoms with Crippen LogP contribution >= 0.6 is 0 Å². The Balaban J connectivity index is 2.64. The van der Waals surface area contributed by atoms with E-state index < -0.39 is 16.5 Å². The van der Waals surface area contributed by atoms with Crippen LogP contribution in [0.3, 0.4) is 0 Å². The molecule has 1 aromatic heterocycles. The van der Waals surface area contributed by atoms with Gasteiger partial charge in [0.05, 0.1) is 6.07 Å². The van der Waals surface area contributed by atoms with E-state index in [-0.39, 0.29) is 11.6 Å². The van der Waals surface area contributed by atoms with Crippen LogP contribution in [0.5, 0.6) is 0 Å². The molecule has 0 N–H and O–H groups in total. The fourth-order valence-electron chi connectivity index (χ4n) is 1.02. The molecule has 1 heterocycles. The first-order valence-electron chi connectivity index (χ1n) is 4.93. The summed E-state index contributed by atoms with van der Waals surface area (Å²) in [7, 11) is 0. The number of nitrogens with zero attached hydrogens (tertiary/aromatic N) is 1. The minimum atomic E-state index is -0.648. The molecule has 0 aromatic carbocycles. The number of ether oxygens (including phenoxy) is 1. The largest absolute Gasteiger partial charge is 0.457 e. The third-order valence-electron chi connectivity index (χ3n) is 1.58. The van der Waals surface area contributed by atoms with Gasteiger partial charge in [0.15, 0.2) is 0 Å². The molecule has 92 valence electrons. The van der Waals surface area contributed by atoms with E-state index in [2.05, 4.69) is 0 Å². The average molecular weight is 239 g/mol. The molecule has 1 aromatic rings. The molecule has 0 saturated carbocycles. The first-order valence-corrected chi connectivity index (χ1v) is 4.93. The van der Waals surface area contributed by atoms with Gasteiger partial charge in [-0.3, -0.25) is 10.1 Å². The lowest BCUT2D eigenvalue weighted by atomic mass is 10.2. The number of carbonyl (C=O) groups is 1. The quantitative estimate of drug-likeness (QED) is 0.350. The van der Waals surface area contributed by atoms with Crippen LogP contribution in [0.4, 0.5) is 5.88 Å². The molecule has 0 aliphatic heterocycles. The molecule has 0 unspecified atom stereocenters. The van der Waals surface area contributed by atoms with Gasteiger partial charge in [0.25, 0.3) is 0 Å². The van der Waals surface area contributed by atoms with Crippen molar-refractivity contribution in [2.24, 2.45) is 0 Å². The van der Waals surface area contributed by atoms with Gasteiger partial charge in [-0.1, -0.05) is 0 Å². The highest BCUT2D eigenvalue weighted by Gasteiger charge is 2.14. The van der Waals surface area contributed by atoms with Crippen LogP contribution in [0, 0.1) is 10.1 Å². The SMILES string of the molecule is CC(C)(C)OC(=O)C=Cc1ccc([N+](=O)[O-])o1. The van der Waals surface area contributed by atoms with Crippen molar-refractivity contribution in [3.63, 3.8) is 0 Å². The van der Waals surface area contributed by atoms with Crippen molar-refractivity contribution < 1.29 is 18.9 Å². The number of esters is 1. The molecular formula is C11H13NO5. The van der Waals surface area contributed by atoms with Crippen LogP contribution in [0.25, 0.3) is 6.08 Å². The van der Waals surface area contributed by atoms with Crippen LogP contribution < -0.4 is 0 Å². The fraction of sp³-hybridized carbons (Fsp3) is 0.364. The van der Waals surface area contributed by atoms with Crippen molar-refractivity contribution in [2.45, 2.75) is 26.4 Å². The monoisotopic (exact) mass is 239 g/mol. The van der Waals surface area contributed by atoms with E-state index in [1.54, 1.807) is 20.8 Å². The van der Waals surface area contributed by atoms with Gasteiger partial charge >= 0.3 is 11.9 Å². The summed E-state index contributed by atoms with van der Waals surface area (Å²) in [4.78, 5) is 21.0. The van der Waals surface area contributed by atoms with Crippen molar-refractivity contribution in [3.8, 4) is 0 Å². The minimum Gasteiger partial charge on any atom is -0.457 e. The lowest BCUT2D eigenvalue weighted by Crippen LogP contribution is -2.22. The van der Waals surface area contributed by atoms with Crippen LogP contribution in [0.2, 0.25) is 0 Å². The lowest BCUT2D eigenvalue weighted by Gasteiger charge is -2.17. The summed E-state index contributed by atoms with van der Waals surface area (Å²) in [6.45, 7) is 5.24. The van der Waals surface area contributed by atoms with Crippen LogP contribution in [-0.2, 0) is 9.53 Å². The first kappa shape index (κ1) is 13.0. The summed E-state index contributed by atoms with van der Waals surface area (Å²) < 4.78 is 9.84. The van der Waals surface area contributed by atoms with Crippen molar-refractivity contribution in [3.05, 3.63) is 34.1 Å². The highest BCUT2D eigenvalue weighted by atomic mass is 16.6. The number of nitro groups is 1. The Labute approximate surface area is 98.0 Å². The fourth-order valence-corrected chi connectivity index (χ4v) is 1.02. The summed E-state index contributed by atoms with van der Waals surface area (Å²) >= 11 is 0. The Hall–Kier alpha value is -2.11. The van der Waals surface area contributed by atoms with Gasteiger partial charge in [-0.2, -0.15) is 0 Å². The van der Waals surface area contributed by atoms with E-state index in [0.717, 1.165) is 6.08 Å². The molecule has 6 nitrogen and oxygen atoms in total. The second kappa shape index (κ2) is 4.82. The highest BCUT2D eigenvalue weighted by Crippen LogP contribution is 2.17. The lowest BCUT2D eigenvalue weighted by molar-refractivity contribution is -0.402. The molecule has 6 heteroatoms. The van der Waals surface area contributed by atoms with Crippen molar-refractivity contribution in [1.82, 2.24) is 0 Å². The molecule has 17 heavy (non-hydrogen) atoms. The van der Waals surface area contributed by atoms with E-state index in [4.69, 9.17) is 9.15 Å². The Bertz CT molecular complexity index is 453. The molecule has 0 bridgehead atoms. The molecule has 0 spiro atoms. The molecule has 0 fully saturated rings. The zero-order chi connectivity index (χ0) is 13.1. The van der Waals surface area contributed by atoms with Gasteiger partial charge < -0.3 is 9.15 Å². The third-order valence-corrected chi connectivity index (χ3v) is 1.58. The Kier molecular flexibility index (Phi) is 3.67.